The molecular formula is C16H26O. The second kappa shape index (κ2) is 8.98. The Labute approximate surface area is 106 Å². The molecule has 0 radical (unpaired) electrons. The van der Waals surface area contributed by atoms with Gasteiger partial charge in [0, 0.05) is 0 Å². The monoisotopic (exact) mass is 234 g/mol. The van der Waals surface area contributed by atoms with Gasteiger partial charge in [-0.25, -0.2) is 0 Å². The van der Waals surface area contributed by atoms with E-state index in [2.05, 4.69) is 32.9 Å². The summed E-state index contributed by atoms with van der Waals surface area (Å²) in [5, 5.41) is 0. The van der Waals surface area contributed by atoms with Crippen molar-refractivity contribution >= 4 is 5.78 Å². The first kappa shape index (κ1) is 15.9. The van der Waals surface area contributed by atoms with Gasteiger partial charge in [-0.1, -0.05) is 44.1 Å². The zero-order valence-electron chi connectivity index (χ0n) is 11.9. The molecule has 1 atom stereocenters. The molecule has 0 fully saturated rings. The average Bonchev–Trinajstić information content (AvgIpc) is 2.22. The van der Waals surface area contributed by atoms with Gasteiger partial charge in [-0.15, -0.1) is 0 Å². The molecule has 0 saturated carbocycles. The lowest BCUT2D eigenvalue weighted by Crippen LogP contribution is -1.91. The number of carbonyl (C=O) groups is 1. The molecule has 1 heteroatoms. The summed E-state index contributed by atoms with van der Waals surface area (Å²) in [4.78, 5) is 10.9. The van der Waals surface area contributed by atoms with Gasteiger partial charge >= 0.3 is 0 Å². The third kappa shape index (κ3) is 9.80. The first-order valence-electron chi connectivity index (χ1n) is 6.48. The molecule has 17 heavy (non-hydrogen) atoms. The van der Waals surface area contributed by atoms with Crippen LogP contribution in [-0.4, -0.2) is 5.78 Å². The Hall–Kier alpha value is -1.11. The zero-order chi connectivity index (χ0) is 13.3. The summed E-state index contributed by atoms with van der Waals surface area (Å²) in [6, 6.07) is 0. The number of ketones is 1. The van der Waals surface area contributed by atoms with Gasteiger partial charge in [0.15, 0.2) is 5.78 Å². The normalized spacial score (nSPS) is 15.4. The van der Waals surface area contributed by atoms with Crippen LogP contribution in [-0.2, 0) is 4.79 Å². The molecule has 0 rings (SSSR count). The quantitative estimate of drug-likeness (QED) is 0.349. The van der Waals surface area contributed by atoms with E-state index in [1.165, 1.54) is 18.4 Å². The maximum absolute atomic E-state index is 10.9. The molecule has 0 spiro atoms. The molecule has 0 N–H and O–H groups in total. The molecule has 0 amide bonds. The molecule has 0 aromatic heterocycles. The summed E-state index contributed by atoms with van der Waals surface area (Å²) in [6.07, 6.45) is 11.7. The van der Waals surface area contributed by atoms with Gasteiger partial charge in [-0.3, -0.25) is 4.79 Å². The summed E-state index contributed by atoms with van der Waals surface area (Å²) in [5.74, 6) is 0.636. The molecule has 96 valence electrons. The van der Waals surface area contributed by atoms with Crippen molar-refractivity contribution in [2.24, 2.45) is 5.92 Å². The minimum atomic E-state index is 0.110. The lowest BCUT2D eigenvalue weighted by molar-refractivity contribution is -0.112. The standard InChI is InChI=1S/C16H26O/c1-6-7-8-13(2)11-14(3)9-10-15(4)12-16(5)17/h8-10,12,14H,6-7,11H2,1-5H3. The van der Waals surface area contributed by atoms with Crippen LogP contribution in [0, 0.1) is 5.92 Å². The highest BCUT2D eigenvalue weighted by molar-refractivity contribution is 5.88. The van der Waals surface area contributed by atoms with Crippen molar-refractivity contribution in [3.05, 3.63) is 35.5 Å². The Morgan fingerprint density at radius 2 is 1.88 bits per heavy atom. The highest BCUT2D eigenvalue weighted by Crippen LogP contribution is 2.14. The van der Waals surface area contributed by atoms with Gasteiger partial charge in [-0.05, 0) is 51.2 Å². The van der Waals surface area contributed by atoms with E-state index in [0.29, 0.717) is 5.92 Å². The van der Waals surface area contributed by atoms with Gasteiger partial charge in [-0.2, -0.15) is 0 Å². The highest BCUT2D eigenvalue weighted by atomic mass is 16.1. The van der Waals surface area contributed by atoms with E-state index >= 15 is 0 Å². The fourth-order valence-corrected chi connectivity index (χ4v) is 1.73. The average molecular weight is 234 g/mol. The van der Waals surface area contributed by atoms with Crippen molar-refractivity contribution < 1.29 is 4.79 Å². The minimum Gasteiger partial charge on any atom is -0.295 e. The van der Waals surface area contributed by atoms with Gasteiger partial charge < -0.3 is 0 Å². The number of hydrogen-bond acceptors (Lipinski definition) is 1. The predicted molar refractivity (Wildman–Crippen MR) is 76.0 cm³/mol. The summed E-state index contributed by atoms with van der Waals surface area (Å²) in [6.45, 7) is 10.1. The van der Waals surface area contributed by atoms with Crippen LogP contribution < -0.4 is 0 Å². The van der Waals surface area contributed by atoms with E-state index in [1.807, 2.05) is 13.0 Å². The molecule has 0 aliphatic heterocycles. The molecule has 1 unspecified atom stereocenters. The van der Waals surface area contributed by atoms with Crippen molar-refractivity contribution in [2.75, 3.05) is 0 Å². The van der Waals surface area contributed by atoms with E-state index in [0.717, 1.165) is 12.0 Å². The Bertz CT molecular complexity index is 318. The number of carbonyl (C=O) groups excluding carboxylic acids is 1. The van der Waals surface area contributed by atoms with E-state index in [-0.39, 0.29) is 5.78 Å². The fourth-order valence-electron chi connectivity index (χ4n) is 1.73. The van der Waals surface area contributed by atoms with Crippen LogP contribution in [0.5, 0.6) is 0 Å². The Kier molecular flexibility index (Phi) is 8.39. The predicted octanol–water partition coefficient (Wildman–Crippen LogP) is 4.85. The Morgan fingerprint density at radius 3 is 2.41 bits per heavy atom. The third-order valence-corrected chi connectivity index (χ3v) is 2.54. The number of hydrogen-bond donors (Lipinski definition) is 0. The molecule has 0 aliphatic rings. The van der Waals surface area contributed by atoms with Crippen LogP contribution in [0.4, 0.5) is 0 Å². The van der Waals surface area contributed by atoms with Crippen molar-refractivity contribution in [3.8, 4) is 0 Å². The number of unbranched alkanes of at least 4 members (excludes halogenated alkanes) is 1. The lowest BCUT2D eigenvalue weighted by atomic mass is 10.00. The Balaban J connectivity index is 4.22. The Morgan fingerprint density at radius 1 is 1.24 bits per heavy atom. The first-order chi connectivity index (χ1) is 7.95. The van der Waals surface area contributed by atoms with Crippen molar-refractivity contribution in [1.29, 1.82) is 0 Å². The van der Waals surface area contributed by atoms with Crippen LogP contribution in [0.1, 0.15) is 53.9 Å². The summed E-state index contributed by atoms with van der Waals surface area (Å²) in [7, 11) is 0. The molecule has 0 bridgehead atoms. The molecule has 1 nitrogen and oxygen atoms in total. The largest absolute Gasteiger partial charge is 0.295 e. The molecular weight excluding hydrogens is 208 g/mol. The van der Waals surface area contributed by atoms with Gasteiger partial charge in [0.2, 0.25) is 0 Å². The van der Waals surface area contributed by atoms with Crippen LogP contribution in [0.25, 0.3) is 0 Å². The highest BCUT2D eigenvalue weighted by Gasteiger charge is 1.98. The van der Waals surface area contributed by atoms with E-state index in [4.69, 9.17) is 0 Å². The molecule has 0 saturated heterocycles. The van der Waals surface area contributed by atoms with E-state index in [1.54, 1.807) is 13.0 Å². The van der Waals surface area contributed by atoms with Gasteiger partial charge in [0.1, 0.15) is 0 Å². The van der Waals surface area contributed by atoms with Crippen molar-refractivity contribution in [2.45, 2.75) is 53.9 Å². The van der Waals surface area contributed by atoms with E-state index in [9.17, 15) is 4.79 Å². The summed E-state index contributed by atoms with van der Waals surface area (Å²) < 4.78 is 0. The smallest absolute Gasteiger partial charge is 0.152 e. The van der Waals surface area contributed by atoms with Crippen LogP contribution in [0.2, 0.25) is 0 Å². The SMILES string of the molecule is CCCC=C(C)CC(C)C=CC(C)=CC(C)=O. The van der Waals surface area contributed by atoms with Gasteiger partial charge in [0.25, 0.3) is 0 Å². The minimum absolute atomic E-state index is 0.110. The second-order valence-electron chi connectivity index (χ2n) is 4.88. The second-order valence-corrected chi connectivity index (χ2v) is 4.88. The zero-order valence-corrected chi connectivity index (χ0v) is 11.9. The van der Waals surface area contributed by atoms with Crippen LogP contribution >= 0.6 is 0 Å². The third-order valence-electron chi connectivity index (χ3n) is 2.54. The number of rotatable bonds is 7. The summed E-state index contributed by atoms with van der Waals surface area (Å²) >= 11 is 0. The first-order valence-corrected chi connectivity index (χ1v) is 6.48. The summed E-state index contributed by atoms with van der Waals surface area (Å²) in [5.41, 5.74) is 2.48. The van der Waals surface area contributed by atoms with Crippen LogP contribution in [0.3, 0.4) is 0 Å². The van der Waals surface area contributed by atoms with E-state index < -0.39 is 0 Å². The fraction of sp³-hybridized carbons (Fsp3) is 0.562. The molecule has 0 aromatic carbocycles. The van der Waals surface area contributed by atoms with Crippen LogP contribution in [0.15, 0.2) is 35.5 Å². The topological polar surface area (TPSA) is 17.1 Å². The molecule has 0 aliphatic carbocycles. The van der Waals surface area contributed by atoms with Crippen molar-refractivity contribution in [3.63, 3.8) is 0 Å². The van der Waals surface area contributed by atoms with Gasteiger partial charge in [0.05, 0.1) is 0 Å². The number of allylic oxidation sites excluding steroid dienone is 6. The maximum atomic E-state index is 10.9. The molecule has 0 aromatic rings. The maximum Gasteiger partial charge on any atom is 0.152 e. The van der Waals surface area contributed by atoms with Crippen molar-refractivity contribution in [1.82, 2.24) is 0 Å². The lowest BCUT2D eigenvalue weighted by Gasteiger charge is -2.06. The molecule has 0 heterocycles.